The van der Waals surface area contributed by atoms with Crippen LogP contribution in [0.1, 0.15) is 25.3 Å². The van der Waals surface area contributed by atoms with Crippen LogP contribution in [-0.2, 0) is 6.42 Å². The summed E-state index contributed by atoms with van der Waals surface area (Å²) in [6.07, 6.45) is 3.58. The number of aryl methyl sites for hydroxylation is 1. The monoisotopic (exact) mass is 247 g/mol. The van der Waals surface area contributed by atoms with Crippen LogP contribution >= 0.6 is 11.3 Å². The normalized spacial score (nSPS) is 10.6. The lowest BCUT2D eigenvalue weighted by atomic mass is 10.1. The highest BCUT2D eigenvalue weighted by Crippen LogP contribution is 2.31. The molecular formula is C13H17N3S. The molecule has 4 N–H and O–H groups in total. The second kappa shape index (κ2) is 5.19. The molecule has 0 aliphatic rings. The Morgan fingerprint density at radius 2 is 1.88 bits per heavy atom. The van der Waals surface area contributed by atoms with Gasteiger partial charge in [-0.15, -0.1) is 0 Å². The van der Waals surface area contributed by atoms with Gasteiger partial charge in [0.05, 0.1) is 0 Å². The number of hydrogen-bond donors (Lipinski definition) is 2. The van der Waals surface area contributed by atoms with E-state index in [2.05, 4.69) is 36.2 Å². The van der Waals surface area contributed by atoms with Gasteiger partial charge in [0.2, 0.25) is 0 Å². The van der Waals surface area contributed by atoms with Crippen LogP contribution < -0.4 is 11.5 Å². The summed E-state index contributed by atoms with van der Waals surface area (Å²) in [6, 6.07) is 8.41. The van der Waals surface area contributed by atoms with Gasteiger partial charge in [-0.3, -0.25) is 0 Å². The van der Waals surface area contributed by atoms with Crippen molar-refractivity contribution in [2.24, 2.45) is 0 Å². The largest absolute Gasteiger partial charge is 0.389 e. The summed E-state index contributed by atoms with van der Waals surface area (Å²) in [6.45, 7) is 2.20. The van der Waals surface area contributed by atoms with Crippen molar-refractivity contribution in [3.05, 3.63) is 29.8 Å². The van der Waals surface area contributed by atoms with E-state index in [0.717, 1.165) is 17.7 Å². The summed E-state index contributed by atoms with van der Waals surface area (Å²) in [4.78, 5) is 4.24. The van der Waals surface area contributed by atoms with Crippen molar-refractivity contribution in [1.29, 1.82) is 0 Å². The summed E-state index contributed by atoms with van der Waals surface area (Å²) in [5.74, 6) is 0. The van der Waals surface area contributed by atoms with Gasteiger partial charge in [0.15, 0.2) is 5.13 Å². The van der Waals surface area contributed by atoms with Crippen LogP contribution in [0.3, 0.4) is 0 Å². The van der Waals surface area contributed by atoms with Crippen molar-refractivity contribution >= 4 is 21.5 Å². The van der Waals surface area contributed by atoms with Crippen LogP contribution in [0, 0.1) is 0 Å². The van der Waals surface area contributed by atoms with Crippen LogP contribution in [0.2, 0.25) is 0 Å². The SMILES string of the molecule is CCCCc1ccc(-c2nc(N)sc2N)cc1. The van der Waals surface area contributed by atoms with E-state index in [1.807, 2.05) is 0 Å². The first-order valence-electron chi connectivity index (χ1n) is 5.81. The van der Waals surface area contributed by atoms with Crippen LogP contribution in [0.15, 0.2) is 24.3 Å². The van der Waals surface area contributed by atoms with E-state index in [9.17, 15) is 0 Å². The third-order valence-corrected chi connectivity index (χ3v) is 3.43. The highest BCUT2D eigenvalue weighted by molar-refractivity contribution is 7.19. The van der Waals surface area contributed by atoms with Gasteiger partial charge in [0.25, 0.3) is 0 Å². The first-order chi connectivity index (χ1) is 8.20. The van der Waals surface area contributed by atoms with Gasteiger partial charge in [-0.1, -0.05) is 48.9 Å². The zero-order chi connectivity index (χ0) is 12.3. The smallest absolute Gasteiger partial charge is 0.182 e. The standard InChI is InChI=1S/C13H17N3S/c1-2-3-4-9-5-7-10(8-6-9)11-12(14)17-13(15)16-11/h5-8H,2-4,14H2,1H3,(H2,15,16). The molecular weight excluding hydrogens is 230 g/mol. The van der Waals surface area contributed by atoms with Crippen molar-refractivity contribution in [3.63, 3.8) is 0 Å². The lowest BCUT2D eigenvalue weighted by Crippen LogP contribution is -1.88. The second-order valence-electron chi connectivity index (χ2n) is 4.07. The number of rotatable bonds is 4. The van der Waals surface area contributed by atoms with E-state index in [0.29, 0.717) is 10.1 Å². The lowest BCUT2D eigenvalue weighted by Gasteiger charge is -2.02. The minimum atomic E-state index is 0.521. The number of hydrogen-bond acceptors (Lipinski definition) is 4. The first kappa shape index (κ1) is 11.9. The third-order valence-electron chi connectivity index (χ3n) is 2.72. The van der Waals surface area contributed by atoms with Crippen LogP contribution in [-0.4, -0.2) is 4.98 Å². The maximum atomic E-state index is 5.87. The number of anilines is 2. The Hall–Kier alpha value is -1.55. The summed E-state index contributed by atoms with van der Waals surface area (Å²) < 4.78 is 0. The van der Waals surface area contributed by atoms with Crippen LogP contribution in [0.25, 0.3) is 11.3 Å². The van der Waals surface area contributed by atoms with Gasteiger partial charge in [0.1, 0.15) is 10.7 Å². The van der Waals surface area contributed by atoms with E-state index >= 15 is 0 Å². The quantitative estimate of drug-likeness (QED) is 0.871. The van der Waals surface area contributed by atoms with Crippen molar-refractivity contribution in [2.75, 3.05) is 11.5 Å². The fraction of sp³-hybridized carbons (Fsp3) is 0.308. The van der Waals surface area contributed by atoms with Crippen molar-refractivity contribution in [2.45, 2.75) is 26.2 Å². The Morgan fingerprint density at radius 1 is 1.18 bits per heavy atom. The molecule has 0 atom stereocenters. The Labute approximate surface area is 105 Å². The lowest BCUT2D eigenvalue weighted by molar-refractivity contribution is 0.795. The molecule has 3 nitrogen and oxygen atoms in total. The fourth-order valence-electron chi connectivity index (χ4n) is 1.77. The zero-order valence-electron chi connectivity index (χ0n) is 9.94. The topological polar surface area (TPSA) is 64.9 Å². The number of nitrogen functional groups attached to an aromatic ring is 2. The molecule has 1 aromatic carbocycles. The van der Waals surface area contributed by atoms with E-state index in [1.54, 1.807) is 0 Å². The molecule has 0 spiro atoms. The van der Waals surface area contributed by atoms with Crippen molar-refractivity contribution < 1.29 is 0 Å². The molecule has 90 valence electrons. The molecule has 4 heteroatoms. The van der Waals surface area contributed by atoms with E-state index < -0.39 is 0 Å². The van der Waals surface area contributed by atoms with Crippen molar-refractivity contribution in [1.82, 2.24) is 4.98 Å². The van der Waals surface area contributed by atoms with Gasteiger partial charge >= 0.3 is 0 Å². The average Bonchev–Trinajstić information content (AvgIpc) is 2.66. The molecule has 0 saturated carbocycles. The molecule has 0 bridgehead atoms. The molecule has 0 radical (unpaired) electrons. The van der Waals surface area contributed by atoms with E-state index in [-0.39, 0.29) is 0 Å². The molecule has 0 aliphatic carbocycles. The average molecular weight is 247 g/mol. The summed E-state index contributed by atoms with van der Waals surface area (Å²) in [5.41, 5.74) is 14.7. The van der Waals surface area contributed by atoms with E-state index in [4.69, 9.17) is 11.5 Å². The highest BCUT2D eigenvalue weighted by atomic mass is 32.1. The highest BCUT2D eigenvalue weighted by Gasteiger charge is 2.08. The minimum absolute atomic E-state index is 0.521. The van der Waals surface area contributed by atoms with Gasteiger partial charge in [-0.25, -0.2) is 4.98 Å². The number of nitrogens with two attached hydrogens (primary N) is 2. The van der Waals surface area contributed by atoms with E-state index in [1.165, 1.54) is 29.7 Å². The molecule has 1 heterocycles. The summed E-state index contributed by atoms with van der Waals surface area (Å²) in [7, 11) is 0. The van der Waals surface area contributed by atoms with Gasteiger partial charge in [0, 0.05) is 5.56 Å². The summed E-state index contributed by atoms with van der Waals surface area (Å²) in [5, 5.41) is 1.20. The molecule has 0 amide bonds. The second-order valence-corrected chi connectivity index (χ2v) is 5.13. The predicted molar refractivity (Wildman–Crippen MR) is 75.0 cm³/mol. The molecule has 0 fully saturated rings. The van der Waals surface area contributed by atoms with Crippen LogP contribution in [0.5, 0.6) is 0 Å². The number of benzene rings is 1. The number of aromatic nitrogens is 1. The Kier molecular flexibility index (Phi) is 3.64. The first-order valence-corrected chi connectivity index (χ1v) is 6.63. The molecule has 1 aromatic heterocycles. The van der Waals surface area contributed by atoms with Gasteiger partial charge in [-0.05, 0) is 18.4 Å². The Balaban J connectivity index is 2.20. The molecule has 0 aliphatic heterocycles. The molecule has 0 unspecified atom stereocenters. The Morgan fingerprint density at radius 3 is 2.41 bits per heavy atom. The third kappa shape index (κ3) is 2.77. The minimum Gasteiger partial charge on any atom is -0.389 e. The zero-order valence-corrected chi connectivity index (χ0v) is 10.8. The number of thiazole rings is 1. The molecule has 17 heavy (non-hydrogen) atoms. The number of nitrogens with zero attached hydrogens (tertiary/aromatic N) is 1. The van der Waals surface area contributed by atoms with Crippen LogP contribution in [0.4, 0.5) is 10.1 Å². The fourth-order valence-corrected chi connectivity index (χ4v) is 2.39. The molecule has 0 saturated heterocycles. The Bertz CT molecular complexity index is 488. The predicted octanol–water partition coefficient (Wildman–Crippen LogP) is 3.32. The molecule has 2 aromatic rings. The maximum absolute atomic E-state index is 5.87. The summed E-state index contributed by atoms with van der Waals surface area (Å²) >= 11 is 1.33. The maximum Gasteiger partial charge on any atom is 0.182 e. The van der Waals surface area contributed by atoms with Gasteiger partial charge in [-0.2, -0.15) is 0 Å². The van der Waals surface area contributed by atoms with Gasteiger partial charge < -0.3 is 11.5 Å². The number of unbranched alkanes of at least 4 members (excludes halogenated alkanes) is 1. The molecule has 2 rings (SSSR count). The van der Waals surface area contributed by atoms with Crippen molar-refractivity contribution in [3.8, 4) is 11.3 Å².